The van der Waals surface area contributed by atoms with Crippen molar-refractivity contribution in [1.29, 1.82) is 0 Å². The molecule has 2 rings (SSSR count). The molecule has 0 radical (unpaired) electrons. The predicted molar refractivity (Wildman–Crippen MR) is 130 cm³/mol. The van der Waals surface area contributed by atoms with Crippen LogP contribution in [0.25, 0.3) is 0 Å². The first-order valence-electron chi connectivity index (χ1n) is 10.8. The van der Waals surface area contributed by atoms with E-state index >= 15 is 0 Å². The molecule has 0 aliphatic rings. The summed E-state index contributed by atoms with van der Waals surface area (Å²) in [5.74, 6) is 2.31. The molecule has 0 saturated carbocycles. The maximum atomic E-state index is 13.2. The summed E-state index contributed by atoms with van der Waals surface area (Å²) in [6, 6.07) is 14.9. The molecule has 1 N–H and O–H groups in total. The molecule has 174 valence electrons. The van der Waals surface area contributed by atoms with Gasteiger partial charge in [-0.05, 0) is 55.7 Å². The molecule has 6 nitrogen and oxygen atoms in total. The van der Waals surface area contributed by atoms with Crippen LogP contribution in [0.15, 0.2) is 48.5 Å². The van der Waals surface area contributed by atoms with Crippen molar-refractivity contribution in [2.24, 2.45) is 0 Å². The molecule has 2 aromatic rings. The Morgan fingerprint density at radius 1 is 1.00 bits per heavy atom. The summed E-state index contributed by atoms with van der Waals surface area (Å²) in [4.78, 5) is 27.6. The van der Waals surface area contributed by atoms with Crippen LogP contribution in [0.1, 0.15) is 38.3 Å². The lowest BCUT2D eigenvalue weighted by atomic mass is 10.1. The molecule has 0 aliphatic carbocycles. The molecular formula is C25H34N2O4S. The molecule has 0 unspecified atom stereocenters. The van der Waals surface area contributed by atoms with Gasteiger partial charge in [-0.3, -0.25) is 9.59 Å². The average Bonchev–Trinajstić information content (AvgIpc) is 2.82. The zero-order valence-electron chi connectivity index (χ0n) is 19.6. The van der Waals surface area contributed by atoms with E-state index in [0.717, 1.165) is 29.0 Å². The zero-order chi connectivity index (χ0) is 23.5. The Labute approximate surface area is 195 Å². The predicted octanol–water partition coefficient (Wildman–Crippen LogP) is 4.27. The van der Waals surface area contributed by atoms with Crippen LogP contribution in [-0.4, -0.2) is 48.8 Å². The Morgan fingerprint density at radius 3 is 2.31 bits per heavy atom. The van der Waals surface area contributed by atoms with E-state index in [1.807, 2.05) is 62.4 Å². The van der Waals surface area contributed by atoms with Crippen molar-refractivity contribution in [2.45, 2.75) is 51.6 Å². The highest BCUT2D eigenvalue weighted by molar-refractivity contribution is 7.99. The van der Waals surface area contributed by atoms with Gasteiger partial charge in [0.15, 0.2) is 0 Å². The van der Waals surface area contributed by atoms with Crippen LogP contribution in [0.3, 0.4) is 0 Å². The number of rotatable bonds is 12. The summed E-state index contributed by atoms with van der Waals surface area (Å²) in [6.07, 6.45) is 0.833. The number of carbonyl (C=O) groups excluding carboxylic acids is 2. The van der Waals surface area contributed by atoms with Crippen LogP contribution >= 0.6 is 11.8 Å². The number of methoxy groups -OCH3 is 2. The van der Waals surface area contributed by atoms with Gasteiger partial charge in [0.25, 0.3) is 0 Å². The Hall–Kier alpha value is -2.67. The number of ether oxygens (including phenoxy) is 2. The Balaban J connectivity index is 2.08. The number of hydrogen-bond donors (Lipinski definition) is 1. The van der Waals surface area contributed by atoms with Gasteiger partial charge < -0.3 is 19.7 Å². The number of hydrogen-bond acceptors (Lipinski definition) is 5. The van der Waals surface area contributed by atoms with Crippen molar-refractivity contribution in [2.75, 3.05) is 20.0 Å². The summed E-state index contributed by atoms with van der Waals surface area (Å²) < 4.78 is 10.5. The largest absolute Gasteiger partial charge is 0.497 e. The van der Waals surface area contributed by atoms with Crippen LogP contribution in [0, 0.1) is 0 Å². The van der Waals surface area contributed by atoms with Crippen molar-refractivity contribution in [3.05, 3.63) is 59.7 Å². The van der Waals surface area contributed by atoms with Gasteiger partial charge in [0.1, 0.15) is 17.5 Å². The summed E-state index contributed by atoms with van der Waals surface area (Å²) in [6.45, 7) is 6.10. The van der Waals surface area contributed by atoms with E-state index in [0.29, 0.717) is 12.3 Å². The number of nitrogens with one attached hydrogen (secondary N) is 1. The highest BCUT2D eigenvalue weighted by Crippen LogP contribution is 2.20. The van der Waals surface area contributed by atoms with E-state index in [9.17, 15) is 9.59 Å². The molecule has 0 spiro atoms. The molecule has 0 heterocycles. The second-order valence-corrected chi connectivity index (χ2v) is 8.69. The number of amides is 2. The van der Waals surface area contributed by atoms with Gasteiger partial charge in [-0.25, -0.2) is 0 Å². The van der Waals surface area contributed by atoms with Crippen molar-refractivity contribution in [3.8, 4) is 11.5 Å². The molecule has 2 atom stereocenters. The molecule has 0 aromatic heterocycles. The molecule has 0 bridgehead atoms. The lowest BCUT2D eigenvalue weighted by Gasteiger charge is -2.29. The minimum Gasteiger partial charge on any atom is -0.497 e. The summed E-state index contributed by atoms with van der Waals surface area (Å²) in [7, 11) is 3.25. The van der Waals surface area contributed by atoms with Gasteiger partial charge in [0.05, 0.1) is 20.0 Å². The number of thioether (sulfide) groups is 1. The third kappa shape index (κ3) is 7.79. The van der Waals surface area contributed by atoms with E-state index in [2.05, 4.69) is 5.32 Å². The number of benzene rings is 2. The SMILES string of the molecule is CC[C@H](C)NC(=O)[C@H](C)N(Cc1cccc(OC)c1)C(=O)CSCc1ccc(OC)cc1. The van der Waals surface area contributed by atoms with Crippen molar-refractivity contribution < 1.29 is 19.1 Å². The van der Waals surface area contributed by atoms with Gasteiger partial charge in [0.2, 0.25) is 11.8 Å². The highest BCUT2D eigenvalue weighted by atomic mass is 32.2. The van der Waals surface area contributed by atoms with Gasteiger partial charge in [-0.2, -0.15) is 0 Å². The molecule has 0 aliphatic heterocycles. The summed E-state index contributed by atoms with van der Waals surface area (Å²) in [5.41, 5.74) is 2.03. The minimum absolute atomic E-state index is 0.0585. The van der Waals surface area contributed by atoms with E-state index in [1.54, 1.807) is 26.0 Å². The maximum Gasteiger partial charge on any atom is 0.242 e. The monoisotopic (exact) mass is 458 g/mol. The van der Waals surface area contributed by atoms with Crippen LogP contribution in [0.4, 0.5) is 0 Å². The molecule has 2 aromatic carbocycles. The third-order valence-corrected chi connectivity index (χ3v) is 6.30. The quantitative estimate of drug-likeness (QED) is 0.515. The fourth-order valence-corrected chi connectivity index (χ4v) is 3.95. The molecule has 0 fully saturated rings. The van der Waals surface area contributed by atoms with Crippen molar-refractivity contribution >= 4 is 23.6 Å². The van der Waals surface area contributed by atoms with Crippen LogP contribution in [0.2, 0.25) is 0 Å². The van der Waals surface area contributed by atoms with E-state index < -0.39 is 6.04 Å². The Bertz CT molecular complexity index is 873. The number of nitrogens with zero attached hydrogens (tertiary/aromatic N) is 1. The van der Waals surface area contributed by atoms with Crippen LogP contribution < -0.4 is 14.8 Å². The van der Waals surface area contributed by atoms with Crippen molar-refractivity contribution in [1.82, 2.24) is 10.2 Å². The van der Waals surface area contributed by atoms with E-state index in [-0.39, 0.29) is 23.6 Å². The fourth-order valence-electron chi connectivity index (χ4n) is 3.08. The normalized spacial score (nSPS) is 12.5. The Morgan fingerprint density at radius 2 is 1.69 bits per heavy atom. The molecule has 2 amide bonds. The van der Waals surface area contributed by atoms with Gasteiger partial charge in [0, 0.05) is 18.3 Å². The maximum absolute atomic E-state index is 13.2. The topological polar surface area (TPSA) is 67.9 Å². The fraction of sp³-hybridized carbons (Fsp3) is 0.440. The lowest BCUT2D eigenvalue weighted by molar-refractivity contribution is -0.138. The first kappa shape index (κ1) is 25.6. The second kappa shape index (κ2) is 13.0. The Kier molecular flexibility index (Phi) is 10.4. The first-order chi connectivity index (χ1) is 15.4. The summed E-state index contributed by atoms with van der Waals surface area (Å²) in [5, 5.41) is 2.99. The standard InChI is InChI=1S/C25H34N2O4S/c1-6-18(2)26-25(29)19(3)27(15-21-8-7-9-23(14-21)31-5)24(28)17-32-16-20-10-12-22(30-4)13-11-20/h7-14,18-19H,6,15-17H2,1-5H3,(H,26,29)/t18-,19-/m0/s1. The van der Waals surface area contributed by atoms with Crippen LogP contribution in [0.5, 0.6) is 11.5 Å². The lowest BCUT2D eigenvalue weighted by Crippen LogP contribution is -2.50. The highest BCUT2D eigenvalue weighted by Gasteiger charge is 2.26. The smallest absolute Gasteiger partial charge is 0.242 e. The average molecular weight is 459 g/mol. The van der Waals surface area contributed by atoms with Gasteiger partial charge in [-0.15, -0.1) is 11.8 Å². The molecule has 7 heteroatoms. The first-order valence-corrected chi connectivity index (χ1v) is 12.0. The third-order valence-electron chi connectivity index (χ3n) is 5.31. The van der Waals surface area contributed by atoms with E-state index in [1.165, 1.54) is 11.8 Å². The molecular weight excluding hydrogens is 424 g/mol. The molecule has 32 heavy (non-hydrogen) atoms. The van der Waals surface area contributed by atoms with Gasteiger partial charge in [-0.1, -0.05) is 31.2 Å². The van der Waals surface area contributed by atoms with Gasteiger partial charge >= 0.3 is 0 Å². The second-order valence-electron chi connectivity index (χ2n) is 7.71. The minimum atomic E-state index is -0.579. The zero-order valence-corrected chi connectivity index (χ0v) is 20.4. The summed E-state index contributed by atoms with van der Waals surface area (Å²) >= 11 is 1.53. The number of carbonyl (C=O) groups is 2. The van der Waals surface area contributed by atoms with Crippen molar-refractivity contribution in [3.63, 3.8) is 0 Å². The van der Waals surface area contributed by atoms with E-state index in [4.69, 9.17) is 9.47 Å². The molecule has 0 saturated heterocycles. The van der Waals surface area contributed by atoms with Crippen LogP contribution in [-0.2, 0) is 21.9 Å².